The molecule has 0 aromatic heterocycles. The first-order chi connectivity index (χ1) is 7.15. The van der Waals surface area contributed by atoms with Crippen LogP contribution in [0.25, 0.3) is 0 Å². The molecule has 1 saturated heterocycles. The van der Waals surface area contributed by atoms with Gasteiger partial charge in [-0.1, -0.05) is 0 Å². The molecule has 5 nitrogen and oxygen atoms in total. The fraction of sp³-hybridized carbons (Fsp3) is 0.900. The maximum Gasteiger partial charge on any atom is 0.317 e. The molecule has 0 saturated carbocycles. The summed E-state index contributed by atoms with van der Waals surface area (Å²) in [5, 5.41) is 2.79. The van der Waals surface area contributed by atoms with Crippen LogP contribution in [0.2, 0.25) is 0 Å². The summed E-state index contributed by atoms with van der Waals surface area (Å²) >= 11 is 0. The molecule has 1 atom stereocenters. The van der Waals surface area contributed by atoms with Gasteiger partial charge in [0.1, 0.15) is 0 Å². The summed E-state index contributed by atoms with van der Waals surface area (Å²) in [6.07, 6.45) is 2.26. The number of nitrogens with zero attached hydrogens (tertiary/aromatic N) is 2. The van der Waals surface area contributed by atoms with Crippen LogP contribution in [0.15, 0.2) is 0 Å². The molecule has 88 valence electrons. The summed E-state index contributed by atoms with van der Waals surface area (Å²) in [6, 6.07) is 0.322. The van der Waals surface area contributed by atoms with Crippen molar-refractivity contribution < 1.29 is 4.79 Å². The Morgan fingerprint density at radius 1 is 1.67 bits per heavy atom. The van der Waals surface area contributed by atoms with Crippen LogP contribution >= 0.6 is 0 Å². The third-order valence-corrected chi connectivity index (χ3v) is 2.89. The molecule has 1 fully saturated rings. The van der Waals surface area contributed by atoms with Gasteiger partial charge in [-0.2, -0.15) is 0 Å². The summed E-state index contributed by atoms with van der Waals surface area (Å²) < 4.78 is 0. The number of likely N-dealkylation sites (tertiary alicyclic amines) is 1. The summed E-state index contributed by atoms with van der Waals surface area (Å²) in [5.74, 6) is 0. The lowest BCUT2D eigenvalue weighted by atomic mass is 10.1. The Morgan fingerprint density at radius 2 is 2.40 bits per heavy atom. The van der Waals surface area contributed by atoms with Crippen LogP contribution < -0.4 is 11.1 Å². The molecule has 1 unspecified atom stereocenters. The summed E-state index contributed by atoms with van der Waals surface area (Å²) in [4.78, 5) is 15.7. The Kier molecular flexibility index (Phi) is 4.84. The van der Waals surface area contributed by atoms with Crippen molar-refractivity contribution in [1.82, 2.24) is 15.1 Å². The first-order valence-electron chi connectivity index (χ1n) is 5.54. The highest BCUT2D eigenvalue weighted by atomic mass is 16.2. The zero-order valence-corrected chi connectivity index (χ0v) is 9.70. The zero-order chi connectivity index (χ0) is 11.3. The smallest absolute Gasteiger partial charge is 0.317 e. The van der Waals surface area contributed by atoms with Crippen LogP contribution in [0.3, 0.4) is 0 Å². The predicted molar refractivity (Wildman–Crippen MR) is 60.7 cm³/mol. The molecule has 1 aliphatic rings. The molecule has 15 heavy (non-hydrogen) atoms. The van der Waals surface area contributed by atoms with Gasteiger partial charge >= 0.3 is 6.03 Å². The lowest BCUT2D eigenvalue weighted by molar-refractivity contribution is 0.141. The number of nitrogens with one attached hydrogen (secondary N) is 1. The van der Waals surface area contributed by atoms with E-state index >= 15 is 0 Å². The number of rotatable bonds is 3. The van der Waals surface area contributed by atoms with Crippen molar-refractivity contribution in [2.24, 2.45) is 5.73 Å². The molecule has 5 heteroatoms. The Morgan fingerprint density at radius 3 is 3.00 bits per heavy atom. The second kappa shape index (κ2) is 5.92. The van der Waals surface area contributed by atoms with Gasteiger partial charge in [0.2, 0.25) is 0 Å². The van der Waals surface area contributed by atoms with Gasteiger partial charge in [0, 0.05) is 32.7 Å². The van der Waals surface area contributed by atoms with Crippen molar-refractivity contribution in [3.63, 3.8) is 0 Å². The Hall–Kier alpha value is -0.810. The van der Waals surface area contributed by atoms with E-state index in [1.807, 2.05) is 7.05 Å². The molecule has 0 bridgehead atoms. The number of amides is 2. The lowest BCUT2D eigenvalue weighted by Gasteiger charge is -2.35. The fourth-order valence-electron chi connectivity index (χ4n) is 1.92. The first kappa shape index (κ1) is 12.3. The molecule has 1 heterocycles. The van der Waals surface area contributed by atoms with Gasteiger partial charge in [0.25, 0.3) is 0 Å². The fourth-order valence-corrected chi connectivity index (χ4v) is 1.92. The number of hydrogen-bond donors (Lipinski definition) is 2. The van der Waals surface area contributed by atoms with Crippen molar-refractivity contribution in [1.29, 1.82) is 0 Å². The minimum absolute atomic E-state index is 0.0132. The second-order valence-electron chi connectivity index (χ2n) is 4.19. The zero-order valence-electron chi connectivity index (χ0n) is 9.70. The van der Waals surface area contributed by atoms with E-state index in [1.165, 1.54) is 0 Å². The van der Waals surface area contributed by atoms with E-state index in [4.69, 9.17) is 5.73 Å². The number of likely N-dealkylation sites (N-methyl/N-ethyl adjacent to an activating group) is 2. The van der Waals surface area contributed by atoms with Gasteiger partial charge in [0.15, 0.2) is 0 Å². The maximum absolute atomic E-state index is 11.6. The van der Waals surface area contributed by atoms with Gasteiger partial charge in [-0.15, -0.1) is 0 Å². The van der Waals surface area contributed by atoms with Crippen LogP contribution in [0.1, 0.15) is 12.8 Å². The monoisotopic (exact) mass is 214 g/mol. The number of carbonyl (C=O) groups is 1. The number of urea groups is 1. The average Bonchev–Trinajstić information content (AvgIpc) is 2.24. The van der Waals surface area contributed by atoms with E-state index in [0.29, 0.717) is 19.1 Å². The van der Waals surface area contributed by atoms with Crippen molar-refractivity contribution in [3.8, 4) is 0 Å². The third kappa shape index (κ3) is 3.68. The van der Waals surface area contributed by atoms with Gasteiger partial charge < -0.3 is 20.9 Å². The van der Waals surface area contributed by atoms with Crippen molar-refractivity contribution in [2.75, 3.05) is 40.3 Å². The Labute approximate surface area is 91.6 Å². The predicted octanol–water partition coefficient (Wildman–Crippen LogP) is -0.319. The van der Waals surface area contributed by atoms with E-state index < -0.39 is 0 Å². The normalized spacial score (nSPS) is 22.5. The van der Waals surface area contributed by atoms with E-state index in [1.54, 1.807) is 4.90 Å². The van der Waals surface area contributed by atoms with Crippen LogP contribution in [0.4, 0.5) is 4.79 Å². The van der Waals surface area contributed by atoms with Gasteiger partial charge in [-0.05, 0) is 26.4 Å². The Balaban J connectivity index is 2.37. The van der Waals surface area contributed by atoms with Gasteiger partial charge in [-0.25, -0.2) is 4.79 Å². The second-order valence-corrected chi connectivity index (χ2v) is 4.19. The molecule has 1 aliphatic heterocycles. The molecule has 0 radical (unpaired) electrons. The molecule has 1 rings (SSSR count). The quantitative estimate of drug-likeness (QED) is 0.677. The van der Waals surface area contributed by atoms with Crippen molar-refractivity contribution in [3.05, 3.63) is 0 Å². The molecule has 0 aliphatic carbocycles. The lowest BCUT2D eigenvalue weighted by Crippen LogP contribution is -2.51. The SMILES string of the molecule is CN1CCCC(N(C)C(=O)NCCN)C1. The number of nitrogens with two attached hydrogens (primary N) is 1. The van der Waals surface area contributed by atoms with Crippen LogP contribution in [-0.2, 0) is 0 Å². The molecule has 0 spiro atoms. The topological polar surface area (TPSA) is 61.6 Å². The summed E-state index contributed by atoms with van der Waals surface area (Å²) in [5.41, 5.74) is 5.34. The summed E-state index contributed by atoms with van der Waals surface area (Å²) in [7, 11) is 3.95. The Bertz CT molecular complexity index is 210. The highest BCUT2D eigenvalue weighted by molar-refractivity contribution is 5.74. The largest absolute Gasteiger partial charge is 0.337 e. The minimum atomic E-state index is -0.0132. The number of carbonyl (C=O) groups excluding carboxylic acids is 1. The van der Waals surface area contributed by atoms with E-state index in [0.717, 1.165) is 25.9 Å². The highest BCUT2D eigenvalue weighted by Crippen LogP contribution is 2.13. The first-order valence-corrected chi connectivity index (χ1v) is 5.54. The number of hydrogen-bond acceptors (Lipinski definition) is 3. The molecular formula is C10H22N4O. The molecule has 2 amide bonds. The van der Waals surface area contributed by atoms with E-state index in [9.17, 15) is 4.79 Å². The standard InChI is InChI=1S/C10H22N4O/c1-13-7-3-4-9(8-13)14(2)10(15)12-6-5-11/h9H,3-8,11H2,1-2H3,(H,12,15). The maximum atomic E-state index is 11.6. The molecule has 3 N–H and O–H groups in total. The average molecular weight is 214 g/mol. The van der Waals surface area contributed by atoms with E-state index in [2.05, 4.69) is 17.3 Å². The van der Waals surface area contributed by atoms with Crippen LogP contribution in [0.5, 0.6) is 0 Å². The van der Waals surface area contributed by atoms with Crippen LogP contribution in [0, 0.1) is 0 Å². The highest BCUT2D eigenvalue weighted by Gasteiger charge is 2.23. The van der Waals surface area contributed by atoms with Crippen molar-refractivity contribution >= 4 is 6.03 Å². The van der Waals surface area contributed by atoms with E-state index in [-0.39, 0.29) is 6.03 Å². The summed E-state index contributed by atoms with van der Waals surface area (Å²) in [6.45, 7) is 3.14. The molecule has 0 aromatic rings. The van der Waals surface area contributed by atoms with Crippen LogP contribution in [-0.4, -0.2) is 62.1 Å². The van der Waals surface area contributed by atoms with Gasteiger partial charge in [0.05, 0.1) is 0 Å². The van der Waals surface area contributed by atoms with Crippen molar-refractivity contribution in [2.45, 2.75) is 18.9 Å². The minimum Gasteiger partial charge on any atom is -0.337 e. The third-order valence-electron chi connectivity index (χ3n) is 2.89. The number of piperidine rings is 1. The molecule has 0 aromatic carbocycles. The molecular weight excluding hydrogens is 192 g/mol. The van der Waals surface area contributed by atoms with Gasteiger partial charge in [-0.3, -0.25) is 0 Å².